The first-order valence-electron chi connectivity index (χ1n) is 9.24. The number of para-hydroxylation sites is 1. The lowest BCUT2D eigenvalue weighted by Gasteiger charge is -2.35. The summed E-state index contributed by atoms with van der Waals surface area (Å²) < 4.78 is 27.7. The number of benzene rings is 1. The third-order valence-corrected chi connectivity index (χ3v) is 6.83. The number of nitrogens with two attached hydrogens (primary N) is 1. The van der Waals surface area contributed by atoms with E-state index in [1.807, 2.05) is 26.0 Å². The lowest BCUT2D eigenvalue weighted by molar-refractivity contribution is -0.133. The van der Waals surface area contributed by atoms with Gasteiger partial charge in [0.05, 0.1) is 11.6 Å². The number of aromatic nitrogens is 1. The van der Waals surface area contributed by atoms with Gasteiger partial charge in [0.15, 0.2) is 0 Å². The third kappa shape index (κ3) is 3.97. The van der Waals surface area contributed by atoms with Crippen molar-refractivity contribution in [3.8, 4) is 0 Å². The molecular weight excluding hydrogens is 364 g/mol. The summed E-state index contributed by atoms with van der Waals surface area (Å²) >= 11 is 0. The molecule has 1 atom stereocenters. The second-order valence-electron chi connectivity index (χ2n) is 6.97. The van der Waals surface area contributed by atoms with Crippen LogP contribution in [0.5, 0.6) is 0 Å². The van der Waals surface area contributed by atoms with E-state index in [0.717, 1.165) is 17.4 Å². The molecule has 27 heavy (non-hydrogen) atoms. The van der Waals surface area contributed by atoms with Crippen molar-refractivity contribution in [2.75, 3.05) is 26.2 Å². The summed E-state index contributed by atoms with van der Waals surface area (Å²) in [5.74, 6) is -0.101. The minimum absolute atomic E-state index is 0.101. The average molecular weight is 391 g/mol. The number of amides is 1. The van der Waals surface area contributed by atoms with Gasteiger partial charge in [0.1, 0.15) is 4.90 Å². The first-order chi connectivity index (χ1) is 12.8. The topological polar surface area (TPSA) is 96.6 Å². The predicted molar refractivity (Wildman–Crippen MR) is 105 cm³/mol. The smallest absolute Gasteiger partial charge is 0.245 e. The van der Waals surface area contributed by atoms with E-state index in [0.29, 0.717) is 25.0 Å². The Hall–Kier alpha value is -2.03. The van der Waals surface area contributed by atoms with E-state index in [1.165, 1.54) is 4.31 Å². The second kappa shape index (κ2) is 7.92. The highest BCUT2D eigenvalue weighted by atomic mass is 32.2. The molecule has 1 aliphatic rings. The Kier molecular flexibility index (Phi) is 5.78. The predicted octanol–water partition coefficient (Wildman–Crippen LogP) is 1.50. The Bertz CT molecular complexity index is 937. The Morgan fingerprint density at radius 2 is 1.96 bits per heavy atom. The molecule has 146 valence electrons. The van der Waals surface area contributed by atoms with Gasteiger partial charge in [-0.25, -0.2) is 8.42 Å². The van der Waals surface area contributed by atoms with Gasteiger partial charge in [0.25, 0.3) is 0 Å². The first-order valence-corrected chi connectivity index (χ1v) is 10.7. The van der Waals surface area contributed by atoms with Gasteiger partial charge in [0, 0.05) is 37.8 Å². The number of carbonyl (C=O) groups excluding carboxylic acids is 1. The quantitative estimate of drug-likeness (QED) is 0.835. The van der Waals surface area contributed by atoms with Gasteiger partial charge in [-0.05, 0) is 31.0 Å². The minimum atomic E-state index is -3.68. The highest BCUT2D eigenvalue weighted by Gasteiger charge is 2.32. The largest absolute Gasteiger partial charge is 0.339 e. The molecule has 0 aliphatic carbocycles. The van der Waals surface area contributed by atoms with Crippen LogP contribution in [-0.2, 0) is 14.8 Å². The van der Waals surface area contributed by atoms with Gasteiger partial charge in [0.2, 0.25) is 15.9 Å². The number of nitrogens with zero attached hydrogens (tertiary/aromatic N) is 3. The molecule has 1 aliphatic heterocycles. The van der Waals surface area contributed by atoms with Crippen molar-refractivity contribution in [3.05, 3.63) is 36.0 Å². The molecular formula is C19H26N4O3S. The molecule has 1 saturated heterocycles. The number of rotatable bonds is 5. The maximum atomic E-state index is 13.2. The third-order valence-electron chi connectivity index (χ3n) is 4.90. The van der Waals surface area contributed by atoms with Crippen LogP contribution >= 0.6 is 0 Å². The molecule has 7 nitrogen and oxygen atoms in total. The standard InChI is InChI=1S/C19H26N4O3S/c1-3-5-16(20)19(24)22-8-10-23(11-9-22)27(25,26)17-7-4-6-15-12-14(2)13-21-18(15)17/h4,6-7,12-13,16H,3,5,8-11,20H2,1-2H3. The number of hydrogen-bond acceptors (Lipinski definition) is 5. The fraction of sp³-hybridized carbons (Fsp3) is 0.474. The Morgan fingerprint density at radius 1 is 1.26 bits per heavy atom. The molecule has 1 unspecified atom stereocenters. The van der Waals surface area contributed by atoms with E-state index >= 15 is 0 Å². The highest BCUT2D eigenvalue weighted by Crippen LogP contribution is 2.25. The van der Waals surface area contributed by atoms with Crippen molar-refractivity contribution >= 4 is 26.8 Å². The fourth-order valence-electron chi connectivity index (χ4n) is 3.41. The molecule has 1 fully saturated rings. The monoisotopic (exact) mass is 390 g/mol. The summed E-state index contributed by atoms with van der Waals surface area (Å²) in [6.45, 7) is 5.13. The number of pyridine rings is 1. The fourth-order valence-corrected chi connectivity index (χ4v) is 5.00. The average Bonchev–Trinajstić information content (AvgIpc) is 2.67. The van der Waals surface area contributed by atoms with Gasteiger partial charge in [-0.2, -0.15) is 4.31 Å². The van der Waals surface area contributed by atoms with Crippen LogP contribution in [0.3, 0.4) is 0 Å². The Labute approximate surface area is 160 Å². The molecule has 2 aromatic rings. The number of fused-ring (bicyclic) bond motifs is 1. The maximum Gasteiger partial charge on any atom is 0.245 e. The molecule has 2 N–H and O–H groups in total. The Balaban J connectivity index is 1.79. The van der Waals surface area contributed by atoms with Crippen LogP contribution < -0.4 is 5.73 Å². The van der Waals surface area contributed by atoms with E-state index in [-0.39, 0.29) is 23.9 Å². The summed E-state index contributed by atoms with van der Waals surface area (Å²) in [7, 11) is -3.68. The van der Waals surface area contributed by atoms with Crippen molar-refractivity contribution in [2.45, 2.75) is 37.6 Å². The minimum Gasteiger partial charge on any atom is -0.339 e. The van der Waals surface area contributed by atoms with E-state index in [2.05, 4.69) is 4.98 Å². The van der Waals surface area contributed by atoms with Crippen LogP contribution in [0.1, 0.15) is 25.3 Å². The van der Waals surface area contributed by atoms with Crippen LogP contribution in [0.4, 0.5) is 0 Å². The van der Waals surface area contributed by atoms with Crippen LogP contribution in [-0.4, -0.2) is 60.7 Å². The number of sulfonamides is 1. The molecule has 3 rings (SSSR count). The number of hydrogen-bond donors (Lipinski definition) is 1. The van der Waals surface area contributed by atoms with Gasteiger partial charge < -0.3 is 10.6 Å². The van der Waals surface area contributed by atoms with Crippen LogP contribution in [0, 0.1) is 6.92 Å². The van der Waals surface area contributed by atoms with Gasteiger partial charge in [-0.15, -0.1) is 0 Å². The molecule has 1 aromatic heterocycles. The number of carbonyl (C=O) groups is 1. The summed E-state index contributed by atoms with van der Waals surface area (Å²) in [4.78, 5) is 18.6. The van der Waals surface area contributed by atoms with Gasteiger partial charge >= 0.3 is 0 Å². The maximum absolute atomic E-state index is 13.2. The van der Waals surface area contributed by atoms with Gasteiger partial charge in [-0.3, -0.25) is 9.78 Å². The van der Waals surface area contributed by atoms with E-state index in [4.69, 9.17) is 5.73 Å². The zero-order valence-electron chi connectivity index (χ0n) is 15.8. The van der Waals surface area contributed by atoms with Crippen molar-refractivity contribution < 1.29 is 13.2 Å². The summed E-state index contributed by atoms with van der Waals surface area (Å²) in [5.41, 5.74) is 7.37. The molecule has 1 aromatic carbocycles. The van der Waals surface area contributed by atoms with Gasteiger partial charge in [-0.1, -0.05) is 25.5 Å². The summed E-state index contributed by atoms with van der Waals surface area (Å²) in [6.07, 6.45) is 3.15. The highest BCUT2D eigenvalue weighted by molar-refractivity contribution is 7.89. The van der Waals surface area contributed by atoms with Crippen LogP contribution in [0.2, 0.25) is 0 Å². The lowest BCUT2D eigenvalue weighted by Crippen LogP contribution is -2.54. The second-order valence-corrected chi connectivity index (χ2v) is 8.87. The molecule has 8 heteroatoms. The van der Waals surface area contributed by atoms with Crippen molar-refractivity contribution in [1.82, 2.24) is 14.2 Å². The number of piperazine rings is 1. The van der Waals surface area contributed by atoms with Crippen LogP contribution in [0.15, 0.2) is 35.4 Å². The van der Waals surface area contributed by atoms with Crippen LogP contribution in [0.25, 0.3) is 10.9 Å². The molecule has 0 bridgehead atoms. The SMILES string of the molecule is CCCC(N)C(=O)N1CCN(S(=O)(=O)c2cccc3cc(C)cnc23)CC1. The lowest BCUT2D eigenvalue weighted by atomic mass is 10.1. The molecule has 2 heterocycles. The van der Waals surface area contributed by atoms with Crippen molar-refractivity contribution in [2.24, 2.45) is 5.73 Å². The normalized spacial score (nSPS) is 17.2. The van der Waals surface area contributed by atoms with Crippen molar-refractivity contribution in [1.29, 1.82) is 0 Å². The van der Waals surface area contributed by atoms with E-state index < -0.39 is 16.1 Å². The Morgan fingerprint density at radius 3 is 2.63 bits per heavy atom. The molecule has 1 amide bonds. The first kappa shape index (κ1) is 19.7. The molecule has 0 spiro atoms. The molecule has 0 radical (unpaired) electrons. The summed E-state index contributed by atoms with van der Waals surface area (Å²) in [6, 6.07) is 6.60. The zero-order chi connectivity index (χ0) is 19.6. The molecule has 0 saturated carbocycles. The van der Waals surface area contributed by atoms with E-state index in [9.17, 15) is 13.2 Å². The summed E-state index contributed by atoms with van der Waals surface area (Å²) in [5, 5.41) is 0.801. The number of aryl methyl sites for hydroxylation is 1. The van der Waals surface area contributed by atoms with E-state index in [1.54, 1.807) is 23.2 Å². The van der Waals surface area contributed by atoms with Crippen molar-refractivity contribution in [3.63, 3.8) is 0 Å². The zero-order valence-corrected chi connectivity index (χ0v) is 16.6.